The summed E-state index contributed by atoms with van der Waals surface area (Å²) in [5.41, 5.74) is 3.76. The van der Waals surface area contributed by atoms with Gasteiger partial charge in [0.15, 0.2) is 23.0 Å². The number of amides is 2. The first kappa shape index (κ1) is 38.2. The summed E-state index contributed by atoms with van der Waals surface area (Å²) >= 11 is 0. The first-order valence-corrected chi connectivity index (χ1v) is 17.2. The number of hydrogen-bond acceptors (Lipinski definition) is 11. The van der Waals surface area contributed by atoms with Crippen molar-refractivity contribution in [2.75, 3.05) is 46.1 Å². The number of para-hydroxylation sites is 1. The second-order valence-corrected chi connectivity index (χ2v) is 12.1. The predicted molar refractivity (Wildman–Crippen MR) is 220 cm³/mol. The lowest BCUT2D eigenvalue weighted by atomic mass is 10.1. The molecule has 2 aromatic heterocycles. The third kappa shape index (κ3) is 8.47. The van der Waals surface area contributed by atoms with Gasteiger partial charge in [0.05, 0.1) is 54.9 Å². The Hall–Kier alpha value is -7.54. The van der Waals surface area contributed by atoms with Crippen molar-refractivity contribution >= 4 is 69.6 Å². The molecule has 0 spiro atoms. The van der Waals surface area contributed by atoms with Crippen LogP contribution in [0.5, 0.6) is 34.5 Å². The number of nitrogens with one attached hydrogen (secondary N) is 2. The first-order valence-electron chi connectivity index (χ1n) is 17.2. The van der Waals surface area contributed by atoms with E-state index in [9.17, 15) is 14.7 Å². The molecule has 282 valence electrons. The molecule has 0 aliphatic heterocycles. The molecule has 0 radical (unpaired) electrons. The van der Waals surface area contributed by atoms with E-state index in [1.807, 2.05) is 24.3 Å². The van der Waals surface area contributed by atoms with Gasteiger partial charge in [-0.1, -0.05) is 24.3 Å². The number of aromatic nitrogens is 2. The Morgan fingerprint density at radius 2 is 1.23 bits per heavy atom. The van der Waals surface area contributed by atoms with Gasteiger partial charge in [0.1, 0.15) is 5.75 Å². The van der Waals surface area contributed by atoms with Crippen LogP contribution in [0.4, 0.5) is 11.4 Å². The first-order chi connectivity index (χ1) is 27.3. The zero-order chi connectivity index (χ0) is 39.6. The Morgan fingerprint density at radius 3 is 1.86 bits per heavy atom. The summed E-state index contributed by atoms with van der Waals surface area (Å²) in [5, 5.41) is 18.4. The number of phenols is 1. The van der Waals surface area contributed by atoms with Crippen molar-refractivity contribution in [1.29, 1.82) is 0 Å². The van der Waals surface area contributed by atoms with Crippen LogP contribution in [-0.2, 0) is 9.59 Å². The van der Waals surface area contributed by atoms with E-state index >= 15 is 0 Å². The van der Waals surface area contributed by atoms with Crippen molar-refractivity contribution in [2.45, 2.75) is 0 Å². The third-order valence-electron chi connectivity index (χ3n) is 8.45. The third-order valence-corrected chi connectivity index (χ3v) is 8.45. The van der Waals surface area contributed by atoms with E-state index in [0.717, 1.165) is 5.39 Å². The lowest BCUT2D eigenvalue weighted by Crippen LogP contribution is -2.16. The van der Waals surface area contributed by atoms with E-state index in [-0.39, 0.29) is 22.6 Å². The summed E-state index contributed by atoms with van der Waals surface area (Å²) in [7, 11) is 7.68. The molecule has 6 aromatic rings. The fourth-order valence-corrected chi connectivity index (χ4v) is 5.90. The van der Waals surface area contributed by atoms with E-state index < -0.39 is 11.8 Å². The van der Waals surface area contributed by atoms with Gasteiger partial charge in [-0.25, -0.2) is 0 Å². The monoisotopic (exact) mass is 750 g/mol. The highest BCUT2D eigenvalue weighted by atomic mass is 16.5. The van der Waals surface area contributed by atoms with E-state index in [1.54, 1.807) is 93.2 Å². The molecular formula is C43H38N6O7. The van der Waals surface area contributed by atoms with Gasteiger partial charge < -0.3 is 34.7 Å². The van der Waals surface area contributed by atoms with Crippen LogP contribution < -0.4 is 29.6 Å². The number of aliphatic imine (C=N–C) groups is 2. The van der Waals surface area contributed by atoms with Crippen LogP contribution in [0.15, 0.2) is 118 Å². The molecule has 6 rings (SSSR count). The number of carbonyl (C=O) groups is 2. The van der Waals surface area contributed by atoms with E-state index in [2.05, 4.69) is 30.6 Å². The Balaban J connectivity index is 1.23. The number of nitrogens with zero attached hydrogens (tertiary/aromatic N) is 4. The maximum atomic E-state index is 13.6. The predicted octanol–water partition coefficient (Wildman–Crippen LogP) is 7.75. The SMILES string of the molecule is CN=C/C(=C\c1ccc(Oc2ccc(NC(=O)/C(C=NC)=C/c3cc(OC)c(OC)c(OC)c3)c3ncccc23)c(O)c1)C(=O)Nc1cccc2cccnc12. The molecule has 13 heteroatoms. The normalized spacial score (nSPS) is 11.9. The molecule has 0 bridgehead atoms. The van der Waals surface area contributed by atoms with E-state index in [4.69, 9.17) is 18.9 Å². The number of phenolic OH excluding ortho intramolecular Hbond substituents is 1. The standard InChI is InChI=1S/C43H38N6O7/c1-44-24-29(42(51)48-32-12-6-9-28-10-7-17-46-39(28)32)19-26-13-15-36(34(50)21-26)56-35-16-14-33(40-31(35)11-8-18-47-40)49-43(52)30(25-45-2)20-27-22-37(53-3)41(55-5)38(23-27)54-4/h6-25,50H,1-5H3,(H,48,51)(H,49,52)/b29-19+,30-20+,44-24?,45-25?. The number of anilines is 2. The lowest BCUT2D eigenvalue weighted by molar-refractivity contribution is -0.113. The summed E-state index contributed by atoms with van der Waals surface area (Å²) in [6.45, 7) is 0. The fraction of sp³-hybridized carbons (Fsp3) is 0.116. The van der Waals surface area contributed by atoms with Crippen LogP contribution >= 0.6 is 0 Å². The Bertz CT molecular complexity index is 2530. The van der Waals surface area contributed by atoms with Crippen molar-refractivity contribution in [3.63, 3.8) is 0 Å². The second kappa shape index (κ2) is 17.5. The highest BCUT2D eigenvalue weighted by molar-refractivity contribution is 6.23. The van der Waals surface area contributed by atoms with Gasteiger partial charge in [0, 0.05) is 49.7 Å². The minimum absolute atomic E-state index is 0.163. The number of fused-ring (bicyclic) bond motifs is 2. The number of carbonyl (C=O) groups excluding carboxylic acids is 2. The summed E-state index contributed by atoms with van der Waals surface area (Å²) in [6.07, 6.45) is 9.41. The quantitative estimate of drug-likeness (QED) is 0.0790. The molecule has 56 heavy (non-hydrogen) atoms. The van der Waals surface area contributed by atoms with Crippen molar-refractivity contribution in [1.82, 2.24) is 9.97 Å². The Kier molecular flexibility index (Phi) is 12.0. The number of ether oxygens (including phenoxy) is 4. The zero-order valence-electron chi connectivity index (χ0n) is 31.2. The maximum Gasteiger partial charge on any atom is 0.257 e. The van der Waals surface area contributed by atoms with Crippen molar-refractivity contribution in [3.8, 4) is 34.5 Å². The second-order valence-electron chi connectivity index (χ2n) is 12.1. The number of methoxy groups -OCH3 is 3. The number of pyridine rings is 2. The van der Waals surface area contributed by atoms with Crippen molar-refractivity contribution in [2.24, 2.45) is 9.98 Å². The Morgan fingerprint density at radius 1 is 0.643 bits per heavy atom. The van der Waals surface area contributed by atoms with Gasteiger partial charge >= 0.3 is 0 Å². The minimum atomic E-state index is -0.443. The molecule has 0 unspecified atom stereocenters. The molecule has 0 saturated heterocycles. The molecule has 2 heterocycles. The van der Waals surface area contributed by atoms with Crippen LogP contribution in [0.2, 0.25) is 0 Å². The van der Waals surface area contributed by atoms with Crippen LogP contribution in [0.25, 0.3) is 34.0 Å². The summed E-state index contributed by atoms with van der Waals surface area (Å²) in [4.78, 5) is 44.0. The van der Waals surface area contributed by atoms with Gasteiger partial charge in [0.25, 0.3) is 11.8 Å². The molecule has 0 fully saturated rings. The number of benzene rings is 4. The van der Waals surface area contributed by atoms with Crippen LogP contribution in [0, 0.1) is 0 Å². The maximum absolute atomic E-state index is 13.6. The highest BCUT2D eigenvalue weighted by Gasteiger charge is 2.18. The molecule has 13 nitrogen and oxygen atoms in total. The molecular weight excluding hydrogens is 713 g/mol. The van der Waals surface area contributed by atoms with Crippen LogP contribution in [0.1, 0.15) is 11.1 Å². The molecule has 3 N–H and O–H groups in total. The smallest absolute Gasteiger partial charge is 0.257 e. The highest BCUT2D eigenvalue weighted by Crippen LogP contribution is 2.40. The van der Waals surface area contributed by atoms with Crippen molar-refractivity contribution < 1.29 is 33.6 Å². The van der Waals surface area contributed by atoms with Gasteiger partial charge in [-0.2, -0.15) is 0 Å². The summed E-state index contributed by atoms with van der Waals surface area (Å²) < 4.78 is 22.5. The number of rotatable bonds is 13. The number of aromatic hydroxyl groups is 1. The van der Waals surface area contributed by atoms with E-state index in [0.29, 0.717) is 61.9 Å². The molecule has 2 amide bonds. The number of hydrogen-bond donors (Lipinski definition) is 3. The topological polar surface area (TPSA) is 166 Å². The summed E-state index contributed by atoms with van der Waals surface area (Å²) in [6, 6.07) is 24.4. The lowest BCUT2D eigenvalue weighted by Gasteiger charge is -2.14. The average molecular weight is 751 g/mol. The fourth-order valence-electron chi connectivity index (χ4n) is 5.90. The van der Waals surface area contributed by atoms with Gasteiger partial charge in [-0.3, -0.25) is 29.5 Å². The van der Waals surface area contributed by atoms with E-state index in [1.165, 1.54) is 39.8 Å². The minimum Gasteiger partial charge on any atom is -0.504 e. The summed E-state index contributed by atoms with van der Waals surface area (Å²) in [5.74, 6) is 0.832. The van der Waals surface area contributed by atoms with Gasteiger partial charge in [0.2, 0.25) is 5.75 Å². The van der Waals surface area contributed by atoms with Crippen molar-refractivity contribution in [3.05, 3.63) is 120 Å². The van der Waals surface area contributed by atoms with Crippen LogP contribution in [0.3, 0.4) is 0 Å². The average Bonchev–Trinajstić information content (AvgIpc) is 3.21. The molecule has 0 aliphatic carbocycles. The zero-order valence-corrected chi connectivity index (χ0v) is 31.2. The van der Waals surface area contributed by atoms with Crippen LogP contribution in [-0.4, -0.2) is 74.7 Å². The molecule has 0 aliphatic rings. The Labute approximate surface area is 322 Å². The molecule has 4 aromatic carbocycles. The largest absolute Gasteiger partial charge is 0.504 e. The van der Waals surface area contributed by atoms with Gasteiger partial charge in [-0.05, 0) is 83.9 Å². The van der Waals surface area contributed by atoms with Gasteiger partial charge in [-0.15, -0.1) is 0 Å². The molecule has 0 atom stereocenters. The molecule has 0 saturated carbocycles.